The van der Waals surface area contributed by atoms with Crippen LogP contribution in [-0.2, 0) is 6.42 Å². The van der Waals surface area contributed by atoms with E-state index >= 15 is 0 Å². The molecule has 0 bridgehead atoms. The van der Waals surface area contributed by atoms with Gasteiger partial charge < -0.3 is 10.6 Å². The van der Waals surface area contributed by atoms with E-state index in [0.717, 1.165) is 19.3 Å². The van der Waals surface area contributed by atoms with Gasteiger partial charge in [0.15, 0.2) is 0 Å². The average Bonchev–Trinajstić information content (AvgIpc) is 2.76. The molecule has 4 heteroatoms. The highest BCUT2D eigenvalue weighted by molar-refractivity contribution is 7.10. The fourth-order valence-electron chi connectivity index (χ4n) is 2.94. The highest BCUT2D eigenvalue weighted by atomic mass is 32.1. The molecule has 1 heterocycles. The first-order chi connectivity index (χ1) is 8.66. The lowest BCUT2D eigenvalue weighted by molar-refractivity contribution is 0.188. The number of thiophene rings is 1. The Bertz CT molecular complexity index is 450. The zero-order valence-electron chi connectivity index (χ0n) is 10.8. The van der Waals surface area contributed by atoms with Crippen molar-refractivity contribution in [3.8, 4) is 0 Å². The van der Waals surface area contributed by atoms with Crippen molar-refractivity contribution in [3.05, 3.63) is 21.9 Å². The van der Waals surface area contributed by atoms with Crippen molar-refractivity contribution in [2.45, 2.75) is 57.0 Å². The lowest BCUT2D eigenvalue weighted by Crippen LogP contribution is -2.54. The van der Waals surface area contributed by atoms with Gasteiger partial charge in [0.05, 0.1) is 6.04 Å². The Morgan fingerprint density at radius 3 is 3.00 bits per heavy atom. The third-order valence-electron chi connectivity index (χ3n) is 4.23. The molecule has 98 valence electrons. The van der Waals surface area contributed by atoms with Crippen LogP contribution in [0.25, 0.3) is 0 Å². The first kappa shape index (κ1) is 12.0. The number of urea groups is 1. The summed E-state index contributed by atoms with van der Waals surface area (Å²) in [5.41, 5.74) is 1.37. The third-order valence-corrected chi connectivity index (χ3v) is 5.23. The molecule has 1 saturated carbocycles. The van der Waals surface area contributed by atoms with Gasteiger partial charge in [-0.25, -0.2) is 4.79 Å². The van der Waals surface area contributed by atoms with Crippen LogP contribution in [0, 0.1) is 0 Å². The number of hydrogen-bond acceptors (Lipinski definition) is 2. The molecular formula is C14H20N2OS. The number of fused-ring (bicyclic) bond motifs is 1. The standard InChI is InChI=1S/C14H20N2OS/c1-14(7-3-8-14)16-13(17)15-11-4-2-5-12-10(11)6-9-18-12/h6,9,11H,2-5,7-8H2,1H3,(H2,15,16,17). The number of amides is 2. The molecule has 3 rings (SSSR count). The van der Waals surface area contributed by atoms with Gasteiger partial charge in [-0.2, -0.15) is 0 Å². The van der Waals surface area contributed by atoms with Crippen LogP contribution in [-0.4, -0.2) is 11.6 Å². The van der Waals surface area contributed by atoms with Crippen LogP contribution < -0.4 is 10.6 Å². The van der Waals surface area contributed by atoms with Gasteiger partial charge in [-0.05, 0) is 62.5 Å². The molecule has 2 N–H and O–H groups in total. The van der Waals surface area contributed by atoms with Crippen LogP contribution in [0.1, 0.15) is 55.5 Å². The van der Waals surface area contributed by atoms with Crippen molar-refractivity contribution in [1.82, 2.24) is 10.6 Å². The van der Waals surface area contributed by atoms with Crippen molar-refractivity contribution in [1.29, 1.82) is 0 Å². The topological polar surface area (TPSA) is 41.1 Å². The minimum atomic E-state index is 0.00116. The van der Waals surface area contributed by atoms with Gasteiger partial charge >= 0.3 is 6.03 Å². The highest BCUT2D eigenvalue weighted by Gasteiger charge is 2.34. The zero-order chi connectivity index (χ0) is 12.6. The predicted molar refractivity (Wildman–Crippen MR) is 73.9 cm³/mol. The maximum Gasteiger partial charge on any atom is 0.315 e. The van der Waals surface area contributed by atoms with E-state index in [4.69, 9.17) is 0 Å². The molecule has 1 aromatic rings. The number of carbonyl (C=O) groups is 1. The molecule has 1 atom stereocenters. The number of nitrogens with one attached hydrogen (secondary N) is 2. The molecule has 2 aliphatic rings. The van der Waals surface area contributed by atoms with Crippen LogP contribution in [0.4, 0.5) is 4.79 Å². The summed E-state index contributed by atoms with van der Waals surface area (Å²) in [5, 5.41) is 8.39. The Balaban J connectivity index is 1.62. The number of rotatable bonds is 2. The maximum absolute atomic E-state index is 12.0. The molecule has 0 saturated heterocycles. The lowest BCUT2D eigenvalue weighted by atomic mass is 9.79. The van der Waals surface area contributed by atoms with Gasteiger partial charge in [-0.3, -0.25) is 0 Å². The molecule has 2 amide bonds. The number of hydrogen-bond donors (Lipinski definition) is 2. The normalized spacial score (nSPS) is 24.8. The van der Waals surface area contributed by atoms with Gasteiger partial charge in [-0.15, -0.1) is 11.3 Å². The number of aryl methyl sites for hydroxylation is 1. The molecule has 1 fully saturated rings. The van der Waals surface area contributed by atoms with Crippen LogP contribution in [0.5, 0.6) is 0 Å². The van der Waals surface area contributed by atoms with Crippen LogP contribution in [0.15, 0.2) is 11.4 Å². The Kier molecular flexibility index (Phi) is 3.06. The second-order valence-corrected chi connectivity index (χ2v) is 6.76. The van der Waals surface area contributed by atoms with Gasteiger partial charge in [0.25, 0.3) is 0 Å². The minimum absolute atomic E-state index is 0.00116. The Morgan fingerprint density at radius 1 is 1.44 bits per heavy atom. The average molecular weight is 264 g/mol. The van der Waals surface area contributed by atoms with E-state index in [1.165, 1.54) is 29.7 Å². The largest absolute Gasteiger partial charge is 0.333 e. The molecule has 0 aromatic carbocycles. The molecule has 0 spiro atoms. The summed E-state index contributed by atoms with van der Waals surface area (Å²) in [6.45, 7) is 2.13. The van der Waals surface area contributed by atoms with Crippen molar-refractivity contribution < 1.29 is 4.79 Å². The first-order valence-electron chi connectivity index (χ1n) is 6.81. The Morgan fingerprint density at radius 2 is 2.28 bits per heavy atom. The molecule has 1 unspecified atom stereocenters. The van der Waals surface area contributed by atoms with E-state index in [0.29, 0.717) is 0 Å². The van der Waals surface area contributed by atoms with Gasteiger partial charge in [-0.1, -0.05) is 0 Å². The lowest BCUT2D eigenvalue weighted by Gasteiger charge is -2.39. The summed E-state index contributed by atoms with van der Waals surface area (Å²) in [7, 11) is 0. The van der Waals surface area contributed by atoms with Crippen LogP contribution in [0.3, 0.4) is 0 Å². The van der Waals surface area contributed by atoms with E-state index in [1.54, 1.807) is 0 Å². The molecule has 3 nitrogen and oxygen atoms in total. The van der Waals surface area contributed by atoms with Crippen LogP contribution in [0.2, 0.25) is 0 Å². The summed E-state index contributed by atoms with van der Waals surface area (Å²) in [6, 6.07) is 2.37. The SMILES string of the molecule is CC1(NC(=O)NC2CCCc3sccc32)CCC1. The van der Waals surface area contributed by atoms with Gasteiger partial charge in [0.1, 0.15) is 0 Å². The second kappa shape index (κ2) is 4.57. The van der Waals surface area contributed by atoms with Crippen molar-refractivity contribution in [2.75, 3.05) is 0 Å². The quantitative estimate of drug-likeness (QED) is 0.845. The zero-order valence-corrected chi connectivity index (χ0v) is 11.6. The molecule has 0 aliphatic heterocycles. The van der Waals surface area contributed by atoms with E-state index < -0.39 is 0 Å². The minimum Gasteiger partial charge on any atom is -0.333 e. The van der Waals surface area contributed by atoms with Crippen molar-refractivity contribution >= 4 is 17.4 Å². The van der Waals surface area contributed by atoms with Gasteiger partial charge in [0, 0.05) is 10.4 Å². The maximum atomic E-state index is 12.0. The van der Waals surface area contributed by atoms with Crippen molar-refractivity contribution in [2.24, 2.45) is 0 Å². The van der Waals surface area contributed by atoms with E-state index in [2.05, 4.69) is 29.0 Å². The second-order valence-electron chi connectivity index (χ2n) is 5.76. The smallest absolute Gasteiger partial charge is 0.315 e. The van der Waals surface area contributed by atoms with Gasteiger partial charge in [0.2, 0.25) is 0 Å². The summed E-state index contributed by atoms with van der Waals surface area (Å²) in [4.78, 5) is 13.5. The van der Waals surface area contributed by atoms with E-state index in [-0.39, 0.29) is 17.6 Å². The first-order valence-corrected chi connectivity index (χ1v) is 7.69. The fraction of sp³-hybridized carbons (Fsp3) is 0.643. The molecule has 18 heavy (non-hydrogen) atoms. The Hall–Kier alpha value is -1.03. The summed E-state index contributed by atoms with van der Waals surface area (Å²) >= 11 is 1.81. The fourth-order valence-corrected chi connectivity index (χ4v) is 3.92. The molecular weight excluding hydrogens is 244 g/mol. The van der Waals surface area contributed by atoms with E-state index in [9.17, 15) is 4.79 Å². The summed E-state index contributed by atoms with van der Waals surface area (Å²) < 4.78 is 0. The summed E-state index contributed by atoms with van der Waals surface area (Å²) in [6.07, 6.45) is 6.85. The molecule has 2 aliphatic carbocycles. The summed E-state index contributed by atoms with van der Waals surface area (Å²) in [5.74, 6) is 0. The van der Waals surface area contributed by atoms with Crippen LogP contribution >= 0.6 is 11.3 Å². The van der Waals surface area contributed by atoms with Crippen molar-refractivity contribution in [3.63, 3.8) is 0 Å². The van der Waals surface area contributed by atoms with E-state index in [1.807, 2.05) is 11.3 Å². The Labute approximate surface area is 112 Å². The highest BCUT2D eigenvalue weighted by Crippen LogP contribution is 2.34. The molecule has 1 aromatic heterocycles. The third kappa shape index (κ3) is 2.26. The predicted octanol–water partition coefficient (Wildman–Crippen LogP) is 3.37. The molecule has 0 radical (unpaired) electrons. The number of carbonyl (C=O) groups excluding carboxylic acids is 1. The monoisotopic (exact) mass is 264 g/mol.